The number of aryl methyl sites for hydroxylation is 2. The summed E-state index contributed by atoms with van der Waals surface area (Å²) >= 11 is 1.39. The Morgan fingerprint density at radius 1 is 1.20 bits per heavy atom. The number of hydrogen-bond donors (Lipinski definition) is 2. The Hall–Kier alpha value is -3.04. The molecule has 0 spiro atoms. The lowest BCUT2D eigenvalue weighted by Crippen LogP contribution is -2.20. The van der Waals surface area contributed by atoms with Crippen molar-refractivity contribution in [2.75, 3.05) is 29.6 Å². The summed E-state index contributed by atoms with van der Waals surface area (Å²) in [5.74, 6) is 1.75. The van der Waals surface area contributed by atoms with Crippen LogP contribution < -0.4 is 15.4 Å². The number of thioether (sulfide) groups is 1. The molecule has 3 aromatic rings. The minimum atomic E-state index is -0.0965. The third kappa shape index (κ3) is 6.99. The molecule has 9 heteroatoms. The Labute approximate surface area is 210 Å². The number of benzene rings is 2. The molecule has 0 unspecified atom stereocenters. The summed E-state index contributed by atoms with van der Waals surface area (Å²) in [6, 6.07) is 13.7. The van der Waals surface area contributed by atoms with Crippen molar-refractivity contribution in [1.82, 2.24) is 14.8 Å². The van der Waals surface area contributed by atoms with Gasteiger partial charge in [0.15, 0.2) is 11.0 Å². The number of nitrogens with one attached hydrogen (secondary N) is 2. The third-order valence-electron chi connectivity index (χ3n) is 5.80. The van der Waals surface area contributed by atoms with Gasteiger partial charge in [0, 0.05) is 18.0 Å². The highest BCUT2D eigenvalue weighted by Crippen LogP contribution is 2.23. The molecule has 35 heavy (non-hydrogen) atoms. The van der Waals surface area contributed by atoms with Crippen LogP contribution in [-0.4, -0.2) is 45.7 Å². The van der Waals surface area contributed by atoms with E-state index >= 15 is 0 Å². The first-order valence-corrected chi connectivity index (χ1v) is 13.0. The van der Waals surface area contributed by atoms with E-state index in [4.69, 9.17) is 9.47 Å². The summed E-state index contributed by atoms with van der Waals surface area (Å²) in [6.07, 6.45) is 2.23. The molecule has 0 saturated carbocycles. The number of hydrogen-bond acceptors (Lipinski definition) is 7. The quantitative estimate of drug-likeness (QED) is 0.369. The average molecular weight is 496 g/mol. The van der Waals surface area contributed by atoms with Gasteiger partial charge in [-0.3, -0.25) is 4.79 Å². The second-order valence-electron chi connectivity index (χ2n) is 8.61. The zero-order chi connectivity index (χ0) is 24.6. The first-order chi connectivity index (χ1) is 17.0. The first-order valence-electron chi connectivity index (χ1n) is 12.0. The predicted molar refractivity (Wildman–Crippen MR) is 139 cm³/mol. The van der Waals surface area contributed by atoms with E-state index in [0.29, 0.717) is 19.7 Å². The Balaban J connectivity index is 1.40. The van der Waals surface area contributed by atoms with Gasteiger partial charge in [0.1, 0.15) is 5.75 Å². The largest absolute Gasteiger partial charge is 0.494 e. The molecule has 1 aliphatic rings. The van der Waals surface area contributed by atoms with Crippen LogP contribution in [0.1, 0.15) is 36.7 Å². The summed E-state index contributed by atoms with van der Waals surface area (Å²) in [4.78, 5) is 12.6. The maximum atomic E-state index is 12.6. The van der Waals surface area contributed by atoms with Gasteiger partial charge >= 0.3 is 0 Å². The van der Waals surface area contributed by atoms with Crippen LogP contribution in [-0.2, 0) is 22.6 Å². The van der Waals surface area contributed by atoms with Gasteiger partial charge in [-0.15, -0.1) is 10.2 Å². The van der Waals surface area contributed by atoms with Crippen LogP contribution in [0, 0.1) is 13.8 Å². The number of anilines is 2. The van der Waals surface area contributed by atoms with Crippen molar-refractivity contribution in [2.45, 2.75) is 58.0 Å². The number of amides is 1. The van der Waals surface area contributed by atoms with Crippen LogP contribution in [0.3, 0.4) is 0 Å². The van der Waals surface area contributed by atoms with E-state index in [-0.39, 0.29) is 17.8 Å². The minimum absolute atomic E-state index is 0.0965. The van der Waals surface area contributed by atoms with Crippen molar-refractivity contribution in [1.29, 1.82) is 0 Å². The van der Waals surface area contributed by atoms with E-state index in [1.165, 1.54) is 22.9 Å². The van der Waals surface area contributed by atoms with E-state index in [0.717, 1.165) is 47.6 Å². The van der Waals surface area contributed by atoms with Crippen LogP contribution in [0.4, 0.5) is 11.4 Å². The summed E-state index contributed by atoms with van der Waals surface area (Å²) < 4.78 is 13.4. The van der Waals surface area contributed by atoms with Gasteiger partial charge in [0.2, 0.25) is 5.91 Å². The molecule has 0 bridgehead atoms. The van der Waals surface area contributed by atoms with Gasteiger partial charge in [-0.2, -0.15) is 0 Å². The molecule has 4 rings (SSSR count). The van der Waals surface area contributed by atoms with Gasteiger partial charge in [0.25, 0.3) is 0 Å². The molecule has 1 aliphatic heterocycles. The lowest BCUT2D eigenvalue weighted by atomic mass is 10.1. The zero-order valence-corrected chi connectivity index (χ0v) is 21.4. The average Bonchev–Trinajstić information content (AvgIpc) is 3.49. The molecular formula is C26H33N5O3S. The van der Waals surface area contributed by atoms with Gasteiger partial charge in [0.05, 0.1) is 31.6 Å². The number of rotatable bonds is 11. The van der Waals surface area contributed by atoms with Crippen molar-refractivity contribution >= 4 is 29.0 Å². The molecule has 1 fully saturated rings. The molecule has 2 aromatic carbocycles. The number of carbonyl (C=O) groups excluding carboxylic acids is 1. The van der Waals surface area contributed by atoms with Gasteiger partial charge in [-0.1, -0.05) is 29.5 Å². The van der Waals surface area contributed by atoms with Crippen molar-refractivity contribution in [3.63, 3.8) is 0 Å². The molecular weight excluding hydrogens is 462 g/mol. The van der Waals surface area contributed by atoms with Crippen LogP contribution in [0.5, 0.6) is 5.75 Å². The highest BCUT2D eigenvalue weighted by Gasteiger charge is 2.21. The van der Waals surface area contributed by atoms with Gasteiger partial charge in [-0.05, 0) is 69.5 Å². The minimum Gasteiger partial charge on any atom is -0.494 e. The third-order valence-corrected chi connectivity index (χ3v) is 6.77. The molecule has 0 aliphatic carbocycles. The lowest BCUT2D eigenvalue weighted by Gasteiger charge is -2.16. The summed E-state index contributed by atoms with van der Waals surface area (Å²) in [5, 5.41) is 16.0. The number of aromatic nitrogens is 3. The Bertz CT molecular complexity index is 1130. The highest BCUT2D eigenvalue weighted by atomic mass is 32.2. The van der Waals surface area contributed by atoms with E-state index in [2.05, 4.69) is 57.4 Å². The fourth-order valence-electron chi connectivity index (χ4n) is 4.05. The molecule has 2 N–H and O–H groups in total. The highest BCUT2D eigenvalue weighted by molar-refractivity contribution is 7.99. The fourth-order valence-corrected chi connectivity index (χ4v) is 4.81. The molecule has 1 atom stereocenters. The Morgan fingerprint density at radius 3 is 2.74 bits per heavy atom. The smallest absolute Gasteiger partial charge is 0.234 e. The van der Waals surface area contributed by atoms with Crippen LogP contribution in [0.15, 0.2) is 47.6 Å². The number of carbonyl (C=O) groups is 1. The van der Waals surface area contributed by atoms with Crippen molar-refractivity contribution < 1.29 is 14.3 Å². The van der Waals surface area contributed by atoms with Gasteiger partial charge < -0.3 is 24.7 Å². The second kappa shape index (κ2) is 12.1. The van der Waals surface area contributed by atoms with E-state index in [1.807, 2.05) is 31.2 Å². The molecule has 8 nitrogen and oxygen atoms in total. The zero-order valence-electron chi connectivity index (χ0n) is 20.5. The standard InChI is InChI=1S/C26H33N5O3S/c1-4-33-21-10-8-20(9-11-21)28-25(32)17-35-26-30-29-24(31(26)16-22-6-5-13-34-22)15-27-23-12-7-18(2)14-19(23)3/h7-12,14,22,27H,4-6,13,15-17H2,1-3H3,(H,28,32)/t22-/m1/s1. The number of ether oxygens (including phenoxy) is 2. The Morgan fingerprint density at radius 2 is 2.03 bits per heavy atom. The maximum Gasteiger partial charge on any atom is 0.234 e. The molecule has 186 valence electrons. The van der Waals surface area contributed by atoms with E-state index < -0.39 is 0 Å². The molecule has 0 radical (unpaired) electrons. The topological polar surface area (TPSA) is 90.3 Å². The van der Waals surface area contributed by atoms with Crippen molar-refractivity contribution in [2.24, 2.45) is 0 Å². The fraction of sp³-hybridized carbons (Fsp3) is 0.423. The molecule has 1 saturated heterocycles. The SMILES string of the molecule is CCOc1ccc(NC(=O)CSc2nnc(CNc3ccc(C)cc3C)n2C[C@H]2CCCO2)cc1. The lowest BCUT2D eigenvalue weighted by molar-refractivity contribution is -0.113. The molecule has 1 aromatic heterocycles. The van der Waals surface area contributed by atoms with E-state index in [1.54, 1.807) is 0 Å². The van der Waals surface area contributed by atoms with Gasteiger partial charge in [-0.25, -0.2) is 0 Å². The van der Waals surface area contributed by atoms with Crippen LogP contribution in [0.25, 0.3) is 0 Å². The van der Waals surface area contributed by atoms with Crippen molar-refractivity contribution in [3.05, 3.63) is 59.4 Å². The van der Waals surface area contributed by atoms with Crippen LogP contribution >= 0.6 is 11.8 Å². The molecule has 2 heterocycles. The van der Waals surface area contributed by atoms with Crippen molar-refractivity contribution in [3.8, 4) is 5.75 Å². The summed E-state index contributed by atoms with van der Waals surface area (Å²) in [6.45, 7) is 8.74. The second-order valence-corrected chi connectivity index (χ2v) is 9.55. The monoisotopic (exact) mass is 495 g/mol. The molecule has 1 amide bonds. The maximum absolute atomic E-state index is 12.6. The predicted octanol–water partition coefficient (Wildman–Crippen LogP) is 4.82. The summed E-state index contributed by atoms with van der Waals surface area (Å²) in [7, 11) is 0. The van der Waals surface area contributed by atoms with E-state index in [9.17, 15) is 4.79 Å². The Kier molecular flexibility index (Phi) is 8.65. The first kappa shape index (κ1) is 25.1. The summed E-state index contributed by atoms with van der Waals surface area (Å²) in [5.41, 5.74) is 4.23. The number of nitrogens with zero attached hydrogens (tertiary/aromatic N) is 3. The van der Waals surface area contributed by atoms with Crippen LogP contribution in [0.2, 0.25) is 0 Å². The normalized spacial score (nSPS) is 15.2.